The summed E-state index contributed by atoms with van der Waals surface area (Å²) in [4.78, 5) is 14.3. The second kappa shape index (κ2) is 9.50. The topological polar surface area (TPSA) is 83.4 Å². The molecule has 1 aromatic carbocycles. The molecule has 0 amide bonds. The van der Waals surface area contributed by atoms with Gasteiger partial charge in [-0.25, -0.2) is 4.98 Å². The maximum Gasteiger partial charge on any atom is 0.155 e. The molecule has 8 heteroatoms. The summed E-state index contributed by atoms with van der Waals surface area (Å²) in [5.74, 6) is 2.02. The first-order valence-electron chi connectivity index (χ1n) is 11.3. The maximum atomic E-state index is 6.21. The van der Waals surface area contributed by atoms with Crippen molar-refractivity contribution in [3.05, 3.63) is 84.9 Å². The van der Waals surface area contributed by atoms with E-state index in [4.69, 9.17) is 18.7 Å². The van der Waals surface area contributed by atoms with E-state index in [2.05, 4.69) is 15.1 Å². The lowest BCUT2D eigenvalue weighted by Crippen LogP contribution is -2.18. The zero-order valence-corrected chi connectivity index (χ0v) is 19.8. The van der Waals surface area contributed by atoms with Crippen molar-refractivity contribution in [2.45, 2.75) is 26.4 Å². The van der Waals surface area contributed by atoms with Gasteiger partial charge in [-0.3, -0.25) is 4.98 Å². The van der Waals surface area contributed by atoms with Crippen molar-refractivity contribution in [2.24, 2.45) is 5.16 Å². The minimum absolute atomic E-state index is 0.384. The molecule has 0 unspecified atom stereocenters. The van der Waals surface area contributed by atoms with E-state index in [9.17, 15) is 0 Å². The first-order chi connectivity index (χ1) is 16.9. The lowest BCUT2D eigenvalue weighted by atomic mass is 10.2. The first kappa shape index (κ1) is 22.5. The van der Waals surface area contributed by atoms with Gasteiger partial charge in [0.15, 0.2) is 5.76 Å². The zero-order valence-electron chi connectivity index (χ0n) is 19.8. The van der Waals surface area contributed by atoms with Gasteiger partial charge in [-0.2, -0.15) is 0 Å². The second-order valence-electron chi connectivity index (χ2n) is 8.94. The maximum absolute atomic E-state index is 6.21. The molecule has 5 rings (SSSR count). The van der Waals surface area contributed by atoms with E-state index in [1.807, 2.05) is 73.8 Å². The van der Waals surface area contributed by atoms with Gasteiger partial charge in [-0.15, -0.1) is 0 Å². The van der Waals surface area contributed by atoms with Gasteiger partial charge in [0.1, 0.15) is 46.9 Å². The third kappa shape index (κ3) is 5.43. The molecule has 0 aliphatic rings. The smallest absolute Gasteiger partial charge is 0.155 e. The van der Waals surface area contributed by atoms with Crippen LogP contribution in [-0.2, 0) is 4.84 Å². The van der Waals surface area contributed by atoms with Gasteiger partial charge in [0.05, 0.1) is 11.7 Å². The average molecular weight is 471 g/mol. The van der Waals surface area contributed by atoms with E-state index in [0.717, 1.165) is 16.7 Å². The van der Waals surface area contributed by atoms with Crippen LogP contribution < -0.4 is 14.8 Å². The highest BCUT2D eigenvalue weighted by atomic mass is 16.6. The van der Waals surface area contributed by atoms with E-state index >= 15 is 0 Å². The molecule has 0 aliphatic heterocycles. The SMILES string of the molecule is CC(C)(C)ON=c1cc(-c2cc3cccn3cn2)oc2ccc(OCCOc3ccncc3)cc12. The quantitative estimate of drug-likeness (QED) is 0.239. The van der Waals surface area contributed by atoms with Crippen LogP contribution in [0.4, 0.5) is 0 Å². The Bertz CT molecular complexity index is 1520. The molecule has 4 aromatic heterocycles. The van der Waals surface area contributed by atoms with Gasteiger partial charge in [-0.05, 0) is 69.3 Å². The number of benzene rings is 1. The van der Waals surface area contributed by atoms with E-state index < -0.39 is 5.60 Å². The fourth-order valence-electron chi connectivity index (χ4n) is 3.45. The summed E-state index contributed by atoms with van der Waals surface area (Å²) in [6.07, 6.45) is 7.09. The Morgan fingerprint density at radius 2 is 1.74 bits per heavy atom. The highest BCUT2D eigenvalue weighted by Crippen LogP contribution is 2.25. The normalized spacial score (nSPS) is 12.3. The van der Waals surface area contributed by atoms with Gasteiger partial charge >= 0.3 is 0 Å². The van der Waals surface area contributed by atoms with Crippen molar-refractivity contribution in [2.75, 3.05) is 13.2 Å². The van der Waals surface area contributed by atoms with Crippen LogP contribution in [0.3, 0.4) is 0 Å². The fraction of sp³-hybridized carbons (Fsp3) is 0.222. The lowest BCUT2D eigenvalue weighted by molar-refractivity contribution is -0.00585. The Balaban J connectivity index is 1.45. The Labute approximate surface area is 202 Å². The molecule has 0 atom stereocenters. The number of rotatable bonds is 7. The predicted molar refractivity (Wildman–Crippen MR) is 132 cm³/mol. The molecular weight excluding hydrogens is 444 g/mol. The lowest BCUT2D eigenvalue weighted by Gasteiger charge is -2.15. The summed E-state index contributed by atoms with van der Waals surface area (Å²) < 4.78 is 19.7. The van der Waals surface area contributed by atoms with Gasteiger partial charge in [0.25, 0.3) is 0 Å². The van der Waals surface area contributed by atoms with Crippen LogP contribution in [0.1, 0.15) is 20.8 Å². The van der Waals surface area contributed by atoms with Crippen molar-refractivity contribution in [1.82, 2.24) is 14.4 Å². The zero-order chi connectivity index (χ0) is 24.3. The molecule has 5 aromatic rings. The minimum atomic E-state index is -0.443. The molecule has 0 N–H and O–H groups in total. The van der Waals surface area contributed by atoms with Crippen LogP contribution in [0, 0.1) is 0 Å². The van der Waals surface area contributed by atoms with Gasteiger partial charge < -0.3 is 23.1 Å². The Hall–Kier alpha value is -4.33. The van der Waals surface area contributed by atoms with E-state index in [1.54, 1.807) is 30.9 Å². The number of hydrogen-bond acceptors (Lipinski definition) is 7. The standard InChI is InChI=1S/C27H26N4O4/c1-27(2,3)35-30-23-17-26(24-15-19-5-4-12-31(19)18-29-24)34-25-7-6-21(16-22(23)25)33-14-13-32-20-8-10-28-11-9-20/h4-12,15-18H,13-14H2,1-3H3. The average Bonchev–Trinajstić information content (AvgIpc) is 3.33. The van der Waals surface area contributed by atoms with Crippen LogP contribution in [0.2, 0.25) is 0 Å². The van der Waals surface area contributed by atoms with Crippen molar-refractivity contribution in [3.63, 3.8) is 0 Å². The first-order valence-corrected chi connectivity index (χ1v) is 11.3. The third-order valence-corrected chi connectivity index (χ3v) is 5.07. The van der Waals surface area contributed by atoms with E-state index in [1.165, 1.54) is 0 Å². The number of nitrogens with zero attached hydrogens (tertiary/aromatic N) is 4. The summed E-state index contributed by atoms with van der Waals surface area (Å²) in [6, 6.07) is 17.0. The van der Waals surface area contributed by atoms with Gasteiger partial charge in [0, 0.05) is 30.2 Å². The van der Waals surface area contributed by atoms with Crippen molar-refractivity contribution >= 4 is 16.5 Å². The highest BCUT2D eigenvalue weighted by Gasteiger charge is 2.13. The van der Waals surface area contributed by atoms with Crippen LogP contribution in [-0.4, -0.2) is 33.2 Å². The van der Waals surface area contributed by atoms with Crippen molar-refractivity contribution in [1.29, 1.82) is 0 Å². The number of aromatic nitrogens is 3. The second-order valence-corrected chi connectivity index (χ2v) is 8.94. The Morgan fingerprint density at radius 1 is 0.943 bits per heavy atom. The van der Waals surface area contributed by atoms with Crippen LogP contribution in [0.5, 0.6) is 11.5 Å². The highest BCUT2D eigenvalue weighted by molar-refractivity contribution is 5.80. The molecule has 0 saturated heterocycles. The van der Waals surface area contributed by atoms with E-state index in [-0.39, 0.29) is 0 Å². The summed E-state index contributed by atoms with van der Waals surface area (Å²) in [7, 11) is 0. The Morgan fingerprint density at radius 3 is 2.54 bits per heavy atom. The van der Waals surface area contributed by atoms with Crippen LogP contribution in [0.15, 0.2) is 89.1 Å². The molecule has 0 radical (unpaired) electrons. The number of ether oxygens (including phenoxy) is 2. The van der Waals surface area contributed by atoms with Crippen LogP contribution >= 0.6 is 0 Å². The minimum Gasteiger partial charge on any atom is -0.490 e. The summed E-state index contributed by atoms with van der Waals surface area (Å²) >= 11 is 0. The molecule has 0 aliphatic carbocycles. The van der Waals surface area contributed by atoms with Crippen molar-refractivity contribution in [3.8, 4) is 23.0 Å². The largest absolute Gasteiger partial charge is 0.490 e. The molecule has 4 heterocycles. The Kier molecular flexibility index (Phi) is 6.10. The van der Waals surface area contributed by atoms with E-state index in [0.29, 0.717) is 41.4 Å². The molecule has 0 saturated carbocycles. The predicted octanol–water partition coefficient (Wildman–Crippen LogP) is 5.23. The van der Waals surface area contributed by atoms with Crippen LogP contribution in [0.25, 0.3) is 27.9 Å². The molecule has 178 valence electrons. The number of fused-ring (bicyclic) bond motifs is 2. The number of hydrogen-bond donors (Lipinski definition) is 0. The molecular formula is C27H26N4O4. The molecule has 0 fully saturated rings. The van der Waals surface area contributed by atoms with Crippen molar-refractivity contribution < 1.29 is 18.7 Å². The summed E-state index contributed by atoms with van der Waals surface area (Å²) in [5, 5.41) is 5.85. The summed E-state index contributed by atoms with van der Waals surface area (Å²) in [6.45, 7) is 6.64. The molecule has 0 spiro atoms. The monoisotopic (exact) mass is 470 g/mol. The summed E-state index contributed by atoms with van der Waals surface area (Å²) in [5.41, 5.74) is 1.93. The fourth-order valence-corrected chi connectivity index (χ4v) is 3.45. The van der Waals surface area contributed by atoms with Gasteiger partial charge in [-0.1, -0.05) is 5.16 Å². The molecule has 8 nitrogen and oxygen atoms in total. The molecule has 35 heavy (non-hydrogen) atoms. The molecule has 0 bridgehead atoms. The van der Waals surface area contributed by atoms with Gasteiger partial charge in [0.2, 0.25) is 0 Å². The third-order valence-electron chi connectivity index (χ3n) is 5.07. The number of pyridine rings is 1.